The first kappa shape index (κ1) is 8.31. The van der Waals surface area contributed by atoms with E-state index in [0.717, 1.165) is 13.6 Å². The Morgan fingerprint density at radius 2 is 2.33 bits per heavy atom. The molecule has 1 N–H and O–H groups in total. The Morgan fingerprint density at radius 3 is 3.08 bits per heavy atom. The van der Waals surface area contributed by atoms with Crippen LogP contribution in [0.2, 0.25) is 0 Å². The van der Waals surface area contributed by atoms with Gasteiger partial charge >= 0.3 is 0 Å². The third-order valence-corrected chi connectivity index (χ3v) is 2.90. The molecule has 0 fully saturated rings. The van der Waals surface area contributed by atoms with E-state index in [1.807, 2.05) is 0 Å². The zero-order chi connectivity index (χ0) is 8.72. The Hall–Kier alpha value is -0.300. The van der Waals surface area contributed by atoms with Gasteiger partial charge in [0, 0.05) is 4.47 Å². The molecule has 0 aliphatic carbocycles. The van der Waals surface area contributed by atoms with Crippen molar-refractivity contribution in [2.45, 2.75) is 0 Å². The molecule has 0 aliphatic rings. The molecule has 12 heavy (non-hydrogen) atoms. The molecule has 0 radical (unpaired) electrons. The number of hydrogen-bond donors (Lipinski definition) is 1. The average molecular weight is 339 g/mol. The van der Waals surface area contributed by atoms with Crippen molar-refractivity contribution in [3.63, 3.8) is 0 Å². The highest BCUT2D eigenvalue weighted by Crippen LogP contribution is 2.26. The minimum Gasteiger partial charge on any atom is -0.506 e. The molecule has 0 aliphatic heterocycles. The summed E-state index contributed by atoms with van der Waals surface area (Å²) in [7, 11) is 0. The van der Waals surface area contributed by atoms with Gasteiger partial charge in [0.05, 0.1) is 21.5 Å². The van der Waals surface area contributed by atoms with Gasteiger partial charge in [-0.25, -0.2) is 4.52 Å². The molecule has 0 saturated carbocycles. The minimum atomic E-state index is 0.203. The number of fused-ring (bicyclic) bond motifs is 1. The van der Waals surface area contributed by atoms with Crippen molar-refractivity contribution >= 4 is 44.0 Å². The van der Waals surface area contributed by atoms with Gasteiger partial charge in [0.1, 0.15) is 5.75 Å². The van der Waals surface area contributed by atoms with E-state index < -0.39 is 0 Å². The first-order valence-electron chi connectivity index (χ1n) is 3.20. The average Bonchev–Trinajstić information content (AvgIpc) is 2.31. The largest absolute Gasteiger partial charge is 0.506 e. The summed E-state index contributed by atoms with van der Waals surface area (Å²) in [6.45, 7) is 0. The zero-order valence-electron chi connectivity index (χ0n) is 5.83. The molecular weight excluding hydrogens is 335 g/mol. The molecule has 0 unspecified atom stereocenters. The minimum absolute atomic E-state index is 0.203. The lowest BCUT2D eigenvalue weighted by atomic mass is 10.4. The number of pyridine rings is 1. The standard InChI is InChI=1S/C7H4BrIN2O/c8-5-1-4(12)3-11-7(5)6(9)2-10-11/h1-3,12H. The molecule has 2 aromatic rings. The fourth-order valence-corrected chi connectivity index (χ4v) is 2.69. The molecular formula is C7H4BrIN2O. The monoisotopic (exact) mass is 338 g/mol. The molecule has 62 valence electrons. The van der Waals surface area contributed by atoms with Crippen LogP contribution >= 0.6 is 38.5 Å². The topological polar surface area (TPSA) is 37.5 Å². The molecule has 0 saturated heterocycles. The maximum atomic E-state index is 9.23. The number of aromatic nitrogens is 2. The molecule has 5 heteroatoms. The van der Waals surface area contributed by atoms with Crippen LogP contribution in [-0.4, -0.2) is 14.7 Å². The van der Waals surface area contributed by atoms with E-state index in [9.17, 15) is 5.11 Å². The summed E-state index contributed by atoms with van der Waals surface area (Å²) in [6.07, 6.45) is 3.32. The lowest BCUT2D eigenvalue weighted by Gasteiger charge is -1.98. The van der Waals surface area contributed by atoms with Gasteiger partial charge in [0.15, 0.2) is 0 Å². The van der Waals surface area contributed by atoms with Crippen molar-refractivity contribution in [3.05, 3.63) is 26.5 Å². The lowest BCUT2D eigenvalue weighted by molar-refractivity contribution is 0.470. The highest BCUT2D eigenvalue weighted by molar-refractivity contribution is 14.1. The van der Waals surface area contributed by atoms with Crippen LogP contribution in [0, 0.1) is 3.57 Å². The van der Waals surface area contributed by atoms with Crippen LogP contribution in [0.25, 0.3) is 5.52 Å². The Balaban J connectivity index is 2.93. The van der Waals surface area contributed by atoms with Gasteiger partial charge in [-0.1, -0.05) is 0 Å². The van der Waals surface area contributed by atoms with Crippen LogP contribution in [0.3, 0.4) is 0 Å². The normalized spacial score (nSPS) is 10.8. The zero-order valence-corrected chi connectivity index (χ0v) is 9.57. The molecule has 0 aromatic carbocycles. The maximum Gasteiger partial charge on any atom is 0.135 e. The van der Waals surface area contributed by atoms with Gasteiger partial charge in [0.25, 0.3) is 0 Å². The molecule has 0 amide bonds. The fourth-order valence-electron chi connectivity index (χ4n) is 1.02. The molecule has 3 nitrogen and oxygen atoms in total. The van der Waals surface area contributed by atoms with Crippen LogP contribution in [-0.2, 0) is 0 Å². The van der Waals surface area contributed by atoms with Gasteiger partial charge in [-0.15, -0.1) is 0 Å². The van der Waals surface area contributed by atoms with Crippen molar-refractivity contribution in [1.29, 1.82) is 0 Å². The number of nitrogens with zero attached hydrogens (tertiary/aromatic N) is 2. The smallest absolute Gasteiger partial charge is 0.135 e. The quantitative estimate of drug-likeness (QED) is 0.749. The summed E-state index contributed by atoms with van der Waals surface area (Å²) < 4.78 is 3.55. The molecule has 2 aromatic heterocycles. The molecule has 0 bridgehead atoms. The van der Waals surface area contributed by atoms with E-state index in [-0.39, 0.29) is 5.75 Å². The summed E-state index contributed by atoms with van der Waals surface area (Å²) in [4.78, 5) is 0. The Kier molecular flexibility index (Phi) is 1.99. The number of aromatic hydroxyl groups is 1. The molecule has 0 atom stereocenters. The second kappa shape index (κ2) is 2.88. The number of rotatable bonds is 0. The van der Waals surface area contributed by atoms with E-state index in [1.165, 1.54) is 0 Å². The van der Waals surface area contributed by atoms with Crippen LogP contribution < -0.4 is 0 Å². The first-order chi connectivity index (χ1) is 5.68. The van der Waals surface area contributed by atoms with Gasteiger partial charge < -0.3 is 5.11 Å². The summed E-state index contributed by atoms with van der Waals surface area (Å²) in [5.74, 6) is 0.203. The third kappa shape index (κ3) is 1.20. The van der Waals surface area contributed by atoms with Crippen molar-refractivity contribution in [3.8, 4) is 5.75 Å². The van der Waals surface area contributed by atoms with Crippen LogP contribution in [0.15, 0.2) is 22.9 Å². The summed E-state index contributed by atoms with van der Waals surface area (Å²) in [5, 5.41) is 13.3. The summed E-state index contributed by atoms with van der Waals surface area (Å²) in [6, 6.07) is 1.65. The number of halogens is 2. The Morgan fingerprint density at radius 1 is 1.58 bits per heavy atom. The molecule has 2 heterocycles. The van der Waals surface area contributed by atoms with Gasteiger partial charge in [-0.05, 0) is 44.6 Å². The van der Waals surface area contributed by atoms with Crippen LogP contribution in [0.5, 0.6) is 5.75 Å². The SMILES string of the molecule is Oc1cc(Br)c2c(I)cnn2c1. The predicted octanol–water partition coefficient (Wildman–Crippen LogP) is 2.41. The second-order valence-corrected chi connectivity index (χ2v) is 4.35. The Labute approximate surface area is 90.7 Å². The maximum absolute atomic E-state index is 9.23. The summed E-state index contributed by atoms with van der Waals surface area (Å²) in [5.41, 5.74) is 0.980. The van der Waals surface area contributed by atoms with Crippen molar-refractivity contribution in [2.75, 3.05) is 0 Å². The first-order valence-corrected chi connectivity index (χ1v) is 5.07. The third-order valence-electron chi connectivity index (χ3n) is 1.51. The van der Waals surface area contributed by atoms with Crippen LogP contribution in [0.1, 0.15) is 0 Å². The molecule has 2 rings (SSSR count). The van der Waals surface area contributed by atoms with E-state index in [1.54, 1.807) is 23.0 Å². The van der Waals surface area contributed by atoms with Crippen molar-refractivity contribution < 1.29 is 5.11 Å². The van der Waals surface area contributed by atoms with Crippen LogP contribution in [0.4, 0.5) is 0 Å². The van der Waals surface area contributed by atoms with E-state index in [2.05, 4.69) is 43.6 Å². The highest BCUT2D eigenvalue weighted by atomic mass is 127. The van der Waals surface area contributed by atoms with Gasteiger partial charge in [0.2, 0.25) is 0 Å². The van der Waals surface area contributed by atoms with E-state index in [4.69, 9.17) is 0 Å². The second-order valence-electron chi connectivity index (χ2n) is 2.33. The van der Waals surface area contributed by atoms with Crippen molar-refractivity contribution in [1.82, 2.24) is 9.61 Å². The van der Waals surface area contributed by atoms with Gasteiger partial charge in [-0.2, -0.15) is 5.10 Å². The van der Waals surface area contributed by atoms with E-state index >= 15 is 0 Å². The molecule has 0 spiro atoms. The highest BCUT2D eigenvalue weighted by Gasteiger charge is 2.05. The van der Waals surface area contributed by atoms with Crippen molar-refractivity contribution in [2.24, 2.45) is 0 Å². The van der Waals surface area contributed by atoms with Gasteiger partial charge in [-0.3, -0.25) is 0 Å². The Bertz CT molecular complexity index is 440. The summed E-state index contributed by atoms with van der Waals surface area (Å²) >= 11 is 5.55. The number of hydrogen-bond acceptors (Lipinski definition) is 2. The fraction of sp³-hybridized carbons (Fsp3) is 0. The van der Waals surface area contributed by atoms with E-state index in [0.29, 0.717) is 0 Å². The lowest BCUT2D eigenvalue weighted by Crippen LogP contribution is -1.86. The predicted molar refractivity (Wildman–Crippen MR) is 57.3 cm³/mol.